The van der Waals surface area contributed by atoms with Crippen molar-refractivity contribution in [3.8, 4) is 0 Å². The highest BCUT2D eigenvalue weighted by Crippen LogP contribution is 2.27. The molecule has 0 amide bonds. The van der Waals surface area contributed by atoms with Crippen molar-refractivity contribution in [3.63, 3.8) is 0 Å². The van der Waals surface area contributed by atoms with Crippen LogP contribution in [0.15, 0.2) is 47.5 Å². The van der Waals surface area contributed by atoms with Gasteiger partial charge in [-0.1, -0.05) is 19.1 Å². The first-order chi connectivity index (χ1) is 10.2. The summed E-state index contributed by atoms with van der Waals surface area (Å²) in [5.74, 6) is 1.12. The Balaban J connectivity index is 2.08. The van der Waals surface area contributed by atoms with Gasteiger partial charge in [0.25, 0.3) is 0 Å². The summed E-state index contributed by atoms with van der Waals surface area (Å²) in [6.07, 6.45) is 2.73. The van der Waals surface area contributed by atoms with Crippen LogP contribution in [-0.2, 0) is 0 Å². The minimum Gasteiger partial charge on any atom is -0.383 e. The molecule has 1 aromatic carbocycles. The van der Waals surface area contributed by atoms with Gasteiger partial charge in [0.15, 0.2) is 0 Å². The first-order valence-corrected chi connectivity index (χ1v) is 8.01. The van der Waals surface area contributed by atoms with Crippen LogP contribution in [0.25, 0.3) is 0 Å². The molecule has 21 heavy (non-hydrogen) atoms. The van der Waals surface area contributed by atoms with Crippen molar-refractivity contribution in [2.45, 2.75) is 24.3 Å². The van der Waals surface area contributed by atoms with Crippen molar-refractivity contribution in [3.05, 3.63) is 54.0 Å². The van der Waals surface area contributed by atoms with Gasteiger partial charge in [-0.25, -0.2) is 9.37 Å². The Morgan fingerprint density at radius 1 is 1.33 bits per heavy atom. The predicted molar refractivity (Wildman–Crippen MR) is 86.8 cm³/mol. The Morgan fingerprint density at radius 2 is 2.19 bits per heavy atom. The van der Waals surface area contributed by atoms with Crippen molar-refractivity contribution in [2.75, 3.05) is 18.0 Å². The average molecular weight is 305 g/mol. The lowest BCUT2D eigenvalue weighted by Crippen LogP contribution is -2.25. The quantitative estimate of drug-likeness (QED) is 0.767. The zero-order chi connectivity index (χ0) is 15.1. The van der Waals surface area contributed by atoms with E-state index in [1.165, 1.54) is 6.07 Å². The van der Waals surface area contributed by atoms with Crippen molar-refractivity contribution >= 4 is 17.6 Å². The SMILES string of the molecule is CCCNC(CSc1cccc(F)c1)c1cccnc1N. The predicted octanol–water partition coefficient (Wildman–Crippen LogP) is 3.64. The minimum absolute atomic E-state index is 0.104. The highest BCUT2D eigenvalue weighted by molar-refractivity contribution is 7.99. The standard InChI is InChI=1S/C16H20FN3S/c1-2-8-19-15(14-7-4-9-20-16(14)18)11-21-13-6-3-5-12(17)10-13/h3-7,9-10,15,19H,2,8,11H2,1H3,(H2,18,20). The number of pyridine rings is 1. The zero-order valence-electron chi connectivity index (χ0n) is 12.1. The maximum absolute atomic E-state index is 13.2. The van der Waals surface area contributed by atoms with Gasteiger partial charge in [-0.2, -0.15) is 0 Å². The molecule has 3 N–H and O–H groups in total. The fourth-order valence-electron chi connectivity index (χ4n) is 2.04. The molecule has 112 valence electrons. The average Bonchev–Trinajstić information content (AvgIpc) is 2.48. The molecule has 0 spiro atoms. The van der Waals surface area contributed by atoms with Gasteiger partial charge in [0, 0.05) is 28.5 Å². The molecular weight excluding hydrogens is 285 g/mol. The van der Waals surface area contributed by atoms with Crippen LogP contribution in [0.5, 0.6) is 0 Å². The van der Waals surface area contributed by atoms with Crippen molar-refractivity contribution < 1.29 is 4.39 Å². The van der Waals surface area contributed by atoms with Gasteiger partial charge < -0.3 is 11.1 Å². The van der Waals surface area contributed by atoms with E-state index in [0.29, 0.717) is 5.82 Å². The summed E-state index contributed by atoms with van der Waals surface area (Å²) in [7, 11) is 0. The lowest BCUT2D eigenvalue weighted by molar-refractivity contribution is 0.577. The van der Waals surface area contributed by atoms with Crippen molar-refractivity contribution in [2.24, 2.45) is 0 Å². The van der Waals surface area contributed by atoms with E-state index in [0.717, 1.165) is 29.2 Å². The summed E-state index contributed by atoms with van der Waals surface area (Å²) in [5, 5.41) is 3.48. The van der Waals surface area contributed by atoms with Gasteiger partial charge in [-0.15, -0.1) is 11.8 Å². The number of hydrogen-bond donors (Lipinski definition) is 2. The number of benzene rings is 1. The molecule has 2 aromatic rings. The molecule has 0 fully saturated rings. The van der Waals surface area contributed by atoms with E-state index in [2.05, 4.69) is 17.2 Å². The molecule has 0 saturated carbocycles. The van der Waals surface area contributed by atoms with E-state index in [9.17, 15) is 4.39 Å². The van der Waals surface area contributed by atoms with E-state index in [4.69, 9.17) is 5.73 Å². The van der Waals surface area contributed by atoms with Crippen LogP contribution < -0.4 is 11.1 Å². The number of nitrogens with one attached hydrogen (secondary N) is 1. The first kappa shape index (κ1) is 15.8. The van der Waals surface area contributed by atoms with E-state index >= 15 is 0 Å². The fraction of sp³-hybridized carbons (Fsp3) is 0.312. The van der Waals surface area contributed by atoms with E-state index in [1.807, 2.05) is 18.2 Å². The largest absolute Gasteiger partial charge is 0.383 e. The van der Waals surface area contributed by atoms with Gasteiger partial charge in [-0.05, 0) is 37.2 Å². The van der Waals surface area contributed by atoms with Crippen molar-refractivity contribution in [1.82, 2.24) is 10.3 Å². The van der Waals surface area contributed by atoms with Crippen molar-refractivity contribution in [1.29, 1.82) is 0 Å². The third-order valence-electron chi connectivity index (χ3n) is 3.10. The summed E-state index contributed by atoms with van der Waals surface area (Å²) in [6, 6.07) is 10.6. The van der Waals surface area contributed by atoms with Gasteiger partial charge in [0.1, 0.15) is 11.6 Å². The molecule has 0 aliphatic rings. The molecule has 3 nitrogen and oxygen atoms in total. The van der Waals surface area contributed by atoms with E-state index < -0.39 is 0 Å². The Labute approximate surface area is 129 Å². The Hall–Kier alpha value is -1.59. The van der Waals surface area contributed by atoms with Gasteiger partial charge in [-0.3, -0.25) is 0 Å². The Bertz CT molecular complexity index is 577. The second kappa shape index (κ2) is 8.00. The molecule has 0 bridgehead atoms. The summed E-state index contributed by atoms with van der Waals surface area (Å²) in [5.41, 5.74) is 6.96. The Kier molecular flexibility index (Phi) is 6.02. The zero-order valence-corrected chi connectivity index (χ0v) is 12.9. The van der Waals surface area contributed by atoms with Crippen LogP contribution in [0.2, 0.25) is 0 Å². The monoisotopic (exact) mass is 305 g/mol. The van der Waals surface area contributed by atoms with Crippen LogP contribution in [0, 0.1) is 5.82 Å². The van der Waals surface area contributed by atoms with Crippen LogP contribution in [0.3, 0.4) is 0 Å². The van der Waals surface area contributed by atoms with Crippen LogP contribution in [0.4, 0.5) is 10.2 Å². The fourth-order valence-corrected chi connectivity index (χ4v) is 3.07. The molecule has 0 aliphatic heterocycles. The molecule has 0 saturated heterocycles. The highest BCUT2D eigenvalue weighted by Gasteiger charge is 2.14. The Morgan fingerprint density at radius 3 is 2.90 bits per heavy atom. The normalized spacial score (nSPS) is 12.3. The van der Waals surface area contributed by atoms with Gasteiger partial charge in [0.05, 0.1) is 0 Å². The van der Waals surface area contributed by atoms with Crippen LogP contribution in [-0.4, -0.2) is 17.3 Å². The molecule has 1 heterocycles. The molecule has 0 radical (unpaired) electrons. The second-order valence-corrected chi connectivity index (χ2v) is 5.85. The van der Waals surface area contributed by atoms with Gasteiger partial charge in [0.2, 0.25) is 0 Å². The summed E-state index contributed by atoms with van der Waals surface area (Å²) in [4.78, 5) is 5.06. The van der Waals surface area contributed by atoms with E-state index in [-0.39, 0.29) is 11.9 Å². The topological polar surface area (TPSA) is 50.9 Å². The number of nitrogens with zero attached hydrogens (tertiary/aromatic N) is 1. The summed E-state index contributed by atoms with van der Waals surface area (Å²) >= 11 is 1.61. The van der Waals surface area contributed by atoms with Crippen LogP contribution in [0.1, 0.15) is 24.9 Å². The lowest BCUT2D eigenvalue weighted by Gasteiger charge is -2.19. The third kappa shape index (κ3) is 4.72. The molecule has 1 aromatic heterocycles. The number of nitrogens with two attached hydrogens (primary N) is 1. The van der Waals surface area contributed by atoms with E-state index in [1.54, 1.807) is 30.1 Å². The van der Waals surface area contributed by atoms with Crippen LogP contribution >= 0.6 is 11.8 Å². The number of hydrogen-bond acceptors (Lipinski definition) is 4. The number of thioether (sulfide) groups is 1. The highest BCUT2D eigenvalue weighted by atomic mass is 32.2. The van der Waals surface area contributed by atoms with Gasteiger partial charge >= 0.3 is 0 Å². The third-order valence-corrected chi connectivity index (χ3v) is 4.19. The number of anilines is 1. The first-order valence-electron chi connectivity index (χ1n) is 7.03. The minimum atomic E-state index is -0.209. The number of nitrogen functional groups attached to an aromatic ring is 1. The molecular formula is C16H20FN3S. The smallest absolute Gasteiger partial charge is 0.128 e. The summed E-state index contributed by atoms with van der Waals surface area (Å²) < 4.78 is 13.2. The maximum atomic E-state index is 13.2. The number of aromatic nitrogens is 1. The molecule has 1 atom stereocenters. The maximum Gasteiger partial charge on any atom is 0.128 e. The molecule has 1 unspecified atom stereocenters. The number of halogens is 1. The molecule has 2 rings (SSSR count). The molecule has 0 aliphatic carbocycles. The number of rotatable bonds is 7. The lowest BCUT2D eigenvalue weighted by atomic mass is 10.1. The summed E-state index contributed by atoms with van der Waals surface area (Å²) in [6.45, 7) is 3.03. The molecule has 5 heteroatoms. The second-order valence-electron chi connectivity index (χ2n) is 4.75.